The van der Waals surface area contributed by atoms with Gasteiger partial charge in [-0.25, -0.2) is 4.98 Å². The lowest BCUT2D eigenvalue weighted by Crippen LogP contribution is -1.97. The van der Waals surface area contributed by atoms with Crippen molar-refractivity contribution in [2.75, 3.05) is 5.32 Å². The normalized spacial score (nSPS) is 11.0. The Morgan fingerprint density at radius 2 is 2.08 bits per heavy atom. The zero-order valence-electron chi connectivity index (χ0n) is 13.3. The second-order valence-electron chi connectivity index (χ2n) is 5.37. The van der Waals surface area contributed by atoms with Crippen molar-refractivity contribution in [2.24, 2.45) is 7.05 Å². The molecule has 0 unspecified atom stereocenters. The molecule has 0 fully saturated rings. The highest BCUT2D eigenvalue weighted by Gasteiger charge is 2.13. The van der Waals surface area contributed by atoms with Gasteiger partial charge in [0, 0.05) is 39.8 Å². The van der Waals surface area contributed by atoms with Gasteiger partial charge in [0.2, 0.25) is 0 Å². The van der Waals surface area contributed by atoms with Crippen LogP contribution in [-0.2, 0) is 13.6 Å². The van der Waals surface area contributed by atoms with E-state index in [2.05, 4.69) is 32.6 Å². The Morgan fingerprint density at radius 1 is 1.20 bits per heavy atom. The van der Waals surface area contributed by atoms with E-state index in [1.54, 1.807) is 17.5 Å². The molecule has 0 aliphatic heterocycles. The number of hydrogen-bond donors (Lipinski definition) is 1. The van der Waals surface area contributed by atoms with Crippen LogP contribution >= 0.6 is 22.9 Å². The topological polar surface area (TPSA) is 68.8 Å². The number of imidazole rings is 1. The molecule has 1 N–H and O–H groups in total. The summed E-state index contributed by atoms with van der Waals surface area (Å²) in [5, 5.41) is 11.9. The molecule has 0 saturated heterocycles. The first-order valence-electron chi connectivity index (χ1n) is 7.59. The van der Waals surface area contributed by atoms with Crippen LogP contribution in [-0.4, -0.2) is 19.7 Å². The van der Waals surface area contributed by atoms with Crippen molar-refractivity contribution < 1.29 is 4.42 Å². The van der Waals surface area contributed by atoms with E-state index in [9.17, 15) is 0 Å². The predicted molar refractivity (Wildman–Crippen MR) is 98.6 cm³/mol. The molecule has 4 aromatic rings. The zero-order chi connectivity index (χ0) is 17.2. The minimum Gasteiger partial charge on any atom is -0.400 e. The van der Waals surface area contributed by atoms with Crippen LogP contribution in [0.3, 0.4) is 0 Å². The fraction of sp³-hybridized carbons (Fsp3) is 0.118. The Hall–Kier alpha value is -2.64. The first-order chi connectivity index (χ1) is 12.2. The zero-order valence-corrected chi connectivity index (χ0v) is 14.9. The second-order valence-corrected chi connectivity index (χ2v) is 6.95. The third-order valence-electron chi connectivity index (χ3n) is 3.65. The number of rotatable bonds is 5. The molecule has 25 heavy (non-hydrogen) atoms. The molecule has 0 saturated carbocycles. The molecular formula is C17H14ClN5OS. The number of aryl methyl sites for hydroxylation is 1. The van der Waals surface area contributed by atoms with E-state index >= 15 is 0 Å². The minimum absolute atomic E-state index is 0.366. The number of anilines is 1. The Balaban J connectivity index is 1.45. The maximum absolute atomic E-state index is 6.26. The monoisotopic (exact) mass is 371 g/mol. The van der Waals surface area contributed by atoms with Gasteiger partial charge < -0.3 is 14.3 Å². The molecule has 3 heterocycles. The Morgan fingerprint density at radius 3 is 2.88 bits per heavy atom. The van der Waals surface area contributed by atoms with Crippen LogP contribution in [0.2, 0.25) is 5.02 Å². The third kappa shape index (κ3) is 3.29. The Bertz CT molecular complexity index is 1010. The standard InChI is InChI=1S/C17H14ClN5OS/c1-23-9-8-19-15(23)16-21-22-17(24-16)20-10-11-6-7-14(25-11)12-4-2-3-5-13(12)18/h2-9H,10H2,1H3,(H,20,22). The summed E-state index contributed by atoms with van der Waals surface area (Å²) < 4.78 is 7.43. The van der Waals surface area contributed by atoms with Crippen LogP contribution < -0.4 is 5.32 Å². The molecule has 0 bridgehead atoms. The summed E-state index contributed by atoms with van der Waals surface area (Å²) >= 11 is 7.93. The molecule has 0 amide bonds. The lowest BCUT2D eigenvalue weighted by atomic mass is 10.2. The van der Waals surface area contributed by atoms with Gasteiger partial charge >= 0.3 is 6.01 Å². The minimum atomic E-state index is 0.366. The van der Waals surface area contributed by atoms with Gasteiger partial charge in [0.25, 0.3) is 5.89 Å². The highest BCUT2D eigenvalue weighted by molar-refractivity contribution is 7.15. The van der Waals surface area contributed by atoms with Crippen molar-refractivity contribution in [1.82, 2.24) is 19.7 Å². The lowest BCUT2D eigenvalue weighted by molar-refractivity contribution is 0.572. The van der Waals surface area contributed by atoms with Crippen LogP contribution in [0.5, 0.6) is 0 Å². The maximum Gasteiger partial charge on any atom is 0.316 e. The third-order valence-corrected chi connectivity index (χ3v) is 5.10. The van der Waals surface area contributed by atoms with Crippen molar-refractivity contribution in [3.8, 4) is 22.2 Å². The van der Waals surface area contributed by atoms with E-state index in [-0.39, 0.29) is 0 Å². The van der Waals surface area contributed by atoms with Crippen molar-refractivity contribution >= 4 is 29.0 Å². The SMILES string of the molecule is Cn1ccnc1-c1nnc(NCc2ccc(-c3ccccc3Cl)s2)o1. The van der Waals surface area contributed by atoms with E-state index in [4.69, 9.17) is 16.0 Å². The molecule has 0 spiro atoms. The van der Waals surface area contributed by atoms with Gasteiger partial charge in [-0.1, -0.05) is 34.9 Å². The van der Waals surface area contributed by atoms with E-state index < -0.39 is 0 Å². The van der Waals surface area contributed by atoms with Gasteiger partial charge in [-0.3, -0.25) is 0 Å². The van der Waals surface area contributed by atoms with Crippen LogP contribution in [0.1, 0.15) is 4.88 Å². The first kappa shape index (κ1) is 15.9. The van der Waals surface area contributed by atoms with Gasteiger partial charge in [-0.05, 0) is 18.2 Å². The number of halogens is 1. The van der Waals surface area contributed by atoms with E-state index in [0.717, 1.165) is 20.3 Å². The average Bonchev–Trinajstić information content (AvgIpc) is 3.33. The number of thiophene rings is 1. The van der Waals surface area contributed by atoms with Gasteiger partial charge in [0.15, 0.2) is 5.82 Å². The Kier molecular flexibility index (Phi) is 4.25. The van der Waals surface area contributed by atoms with Crippen molar-refractivity contribution in [1.29, 1.82) is 0 Å². The summed E-state index contributed by atoms with van der Waals surface area (Å²) in [5.41, 5.74) is 1.04. The number of benzene rings is 1. The molecule has 6 nitrogen and oxygen atoms in total. The molecule has 0 radical (unpaired) electrons. The molecule has 0 aliphatic rings. The first-order valence-corrected chi connectivity index (χ1v) is 8.79. The van der Waals surface area contributed by atoms with Crippen LogP contribution in [0.15, 0.2) is 53.2 Å². The molecule has 0 aliphatic carbocycles. The van der Waals surface area contributed by atoms with Crippen molar-refractivity contribution in [3.63, 3.8) is 0 Å². The molecule has 0 atom stereocenters. The highest BCUT2D eigenvalue weighted by atomic mass is 35.5. The van der Waals surface area contributed by atoms with E-state index in [0.29, 0.717) is 24.3 Å². The largest absolute Gasteiger partial charge is 0.400 e. The number of nitrogens with zero attached hydrogens (tertiary/aromatic N) is 4. The second kappa shape index (κ2) is 6.70. The predicted octanol–water partition coefficient (Wildman–Crippen LogP) is 4.46. The summed E-state index contributed by atoms with van der Waals surface area (Å²) in [4.78, 5) is 6.46. The summed E-state index contributed by atoms with van der Waals surface area (Å²) in [5.74, 6) is 1.02. The fourth-order valence-corrected chi connectivity index (χ4v) is 3.68. The molecular weight excluding hydrogens is 358 g/mol. The van der Waals surface area contributed by atoms with E-state index in [1.807, 2.05) is 42.1 Å². The lowest BCUT2D eigenvalue weighted by Gasteiger charge is -2.00. The smallest absolute Gasteiger partial charge is 0.316 e. The van der Waals surface area contributed by atoms with Crippen molar-refractivity contribution in [3.05, 3.63) is 58.7 Å². The summed E-state index contributed by atoms with van der Waals surface area (Å²) in [6, 6.07) is 12.3. The number of nitrogens with one attached hydrogen (secondary N) is 1. The molecule has 3 aromatic heterocycles. The van der Waals surface area contributed by atoms with Gasteiger partial charge in [-0.15, -0.1) is 16.4 Å². The van der Waals surface area contributed by atoms with Crippen LogP contribution in [0, 0.1) is 0 Å². The van der Waals surface area contributed by atoms with E-state index in [1.165, 1.54) is 0 Å². The molecule has 1 aromatic carbocycles. The summed E-state index contributed by atoms with van der Waals surface area (Å²) in [6.07, 6.45) is 3.52. The summed E-state index contributed by atoms with van der Waals surface area (Å²) in [6.45, 7) is 0.595. The number of hydrogen-bond acceptors (Lipinski definition) is 6. The van der Waals surface area contributed by atoms with Crippen molar-refractivity contribution in [2.45, 2.75) is 6.54 Å². The van der Waals surface area contributed by atoms with Crippen LogP contribution in [0.4, 0.5) is 6.01 Å². The van der Waals surface area contributed by atoms with Gasteiger partial charge in [0.1, 0.15) is 0 Å². The highest BCUT2D eigenvalue weighted by Crippen LogP contribution is 2.33. The molecule has 126 valence electrons. The Labute approximate surface area is 153 Å². The fourth-order valence-electron chi connectivity index (χ4n) is 2.40. The number of aromatic nitrogens is 4. The summed E-state index contributed by atoms with van der Waals surface area (Å²) in [7, 11) is 1.88. The molecule has 8 heteroatoms. The average molecular weight is 372 g/mol. The quantitative estimate of drug-likeness (QED) is 0.560. The van der Waals surface area contributed by atoms with Gasteiger partial charge in [-0.2, -0.15) is 0 Å². The van der Waals surface area contributed by atoms with Gasteiger partial charge in [0.05, 0.1) is 6.54 Å². The molecule has 4 rings (SSSR count). The maximum atomic E-state index is 6.26. The van der Waals surface area contributed by atoms with Crippen LogP contribution in [0.25, 0.3) is 22.2 Å².